The second-order valence-electron chi connectivity index (χ2n) is 5.28. The molecular formula is C17H18N2O2. The Balaban J connectivity index is 2.11. The van der Waals surface area contributed by atoms with Gasteiger partial charge in [0.05, 0.1) is 24.0 Å². The third kappa shape index (κ3) is 2.13. The lowest BCUT2D eigenvalue weighted by molar-refractivity contribution is 0.0602. The van der Waals surface area contributed by atoms with Crippen molar-refractivity contribution in [2.75, 3.05) is 17.7 Å². The van der Waals surface area contributed by atoms with Crippen LogP contribution in [-0.2, 0) is 11.2 Å². The van der Waals surface area contributed by atoms with Crippen molar-refractivity contribution in [3.63, 3.8) is 0 Å². The van der Waals surface area contributed by atoms with Gasteiger partial charge in [-0.1, -0.05) is 24.3 Å². The Labute approximate surface area is 124 Å². The van der Waals surface area contributed by atoms with E-state index in [1.807, 2.05) is 24.3 Å². The van der Waals surface area contributed by atoms with Crippen LogP contribution in [-0.4, -0.2) is 19.1 Å². The molecule has 4 heteroatoms. The first-order valence-corrected chi connectivity index (χ1v) is 6.97. The largest absolute Gasteiger partial charge is 0.465 e. The number of nitrogen functional groups attached to an aromatic ring is 1. The maximum Gasteiger partial charge on any atom is 0.340 e. The number of carbonyl (C=O) groups excluding carboxylic acids is 1. The van der Waals surface area contributed by atoms with E-state index < -0.39 is 5.97 Å². The number of anilines is 3. The van der Waals surface area contributed by atoms with Crippen LogP contribution < -0.4 is 10.6 Å². The van der Waals surface area contributed by atoms with Crippen molar-refractivity contribution in [3.05, 3.63) is 53.6 Å². The summed E-state index contributed by atoms with van der Waals surface area (Å²) in [6.07, 6.45) is 0.970. The smallest absolute Gasteiger partial charge is 0.340 e. The van der Waals surface area contributed by atoms with Gasteiger partial charge in [0.25, 0.3) is 0 Å². The van der Waals surface area contributed by atoms with Crippen molar-refractivity contribution >= 4 is 23.0 Å². The number of esters is 1. The molecule has 1 aliphatic rings. The van der Waals surface area contributed by atoms with Crippen LogP contribution in [0.2, 0.25) is 0 Å². The summed E-state index contributed by atoms with van der Waals surface area (Å²) in [4.78, 5) is 14.0. The number of fused-ring (bicyclic) bond motifs is 1. The van der Waals surface area contributed by atoms with Crippen molar-refractivity contribution in [2.24, 2.45) is 0 Å². The van der Waals surface area contributed by atoms with Crippen LogP contribution in [0.4, 0.5) is 17.1 Å². The fourth-order valence-corrected chi connectivity index (χ4v) is 2.98. The van der Waals surface area contributed by atoms with E-state index in [2.05, 4.69) is 24.0 Å². The summed E-state index contributed by atoms with van der Waals surface area (Å²) in [5.41, 5.74) is 10.4. The molecule has 0 saturated heterocycles. The second kappa shape index (κ2) is 5.13. The van der Waals surface area contributed by atoms with Crippen molar-refractivity contribution in [2.45, 2.75) is 19.4 Å². The van der Waals surface area contributed by atoms with E-state index in [0.29, 0.717) is 17.3 Å². The Hall–Kier alpha value is -2.49. The third-order valence-electron chi connectivity index (χ3n) is 3.96. The van der Waals surface area contributed by atoms with E-state index in [0.717, 1.165) is 17.8 Å². The zero-order valence-corrected chi connectivity index (χ0v) is 12.2. The summed E-state index contributed by atoms with van der Waals surface area (Å²) in [5, 5.41) is 0. The normalized spacial score (nSPS) is 16.7. The summed E-state index contributed by atoms with van der Waals surface area (Å²) in [6, 6.07) is 14.1. The second-order valence-corrected chi connectivity index (χ2v) is 5.28. The Bertz CT molecular complexity index is 697. The lowest BCUT2D eigenvalue weighted by Gasteiger charge is -2.27. The topological polar surface area (TPSA) is 55.6 Å². The number of carbonyl (C=O) groups is 1. The molecule has 0 amide bonds. The Morgan fingerprint density at radius 1 is 1.19 bits per heavy atom. The molecule has 1 atom stereocenters. The van der Waals surface area contributed by atoms with Crippen molar-refractivity contribution in [1.29, 1.82) is 0 Å². The summed E-state index contributed by atoms with van der Waals surface area (Å²) < 4.78 is 4.79. The maximum absolute atomic E-state index is 11.8. The first-order valence-electron chi connectivity index (χ1n) is 6.97. The average molecular weight is 282 g/mol. The molecule has 0 fully saturated rings. The van der Waals surface area contributed by atoms with Crippen LogP contribution in [0, 0.1) is 0 Å². The highest BCUT2D eigenvalue weighted by Gasteiger charge is 2.29. The highest BCUT2D eigenvalue weighted by atomic mass is 16.5. The molecule has 108 valence electrons. The minimum Gasteiger partial charge on any atom is -0.465 e. The molecule has 1 heterocycles. The summed E-state index contributed by atoms with van der Waals surface area (Å²) in [5.74, 6) is -0.408. The van der Waals surface area contributed by atoms with E-state index in [1.165, 1.54) is 12.7 Å². The fraction of sp³-hybridized carbons (Fsp3) is 0.235. The Morgan fingerprint density at radius 3 is 2.67 bits per heavy atom. The Kier molecular flexibility index (Phi) is 3.29. The van der Waals surface area contributed by atoms with E-state index in [4.69, 9.17) is 10.5 Å². The predicted octanol–water partition coefficient (Wildman–Crippen LogP) is 3.14. The number of benzene rings is 2. The SMILES string of the molecule is COC(=O)c1cccc(N2c3ccccc3CC2C)c1N. The number of para-hydroxylation sites is 2. The maximum atomic E-state index is 11.8. The van der Waals surface area contributed by atoms with Gasteiger partial charge in [0.15, 0.2) is 0 Å². The lowest BCUT2D eigenvalue weighted by atomic mass is 10.1. The fourth-order valence-electron chi connectivity index (χ4n) is 2.98. The molecule has 0 bridgehead atoms. The quantitative estimate of drug-likeness (QED) is 0.679. The number of methoxy groups -OCH3 is 1. The van der Waals surface area contributed by atoms with Gasteiger partial charge in [-0.2, -0.15) is 0 Å². The van der Waals surface area contributed by atoms with Crippen molar-refractivity contribution in [3.8, 4) is 0 Å². The standard InChI is InChI=1S/C17H18N2O2/c1-11-10-12-6-3-4-8-14(12)19(11)15-9-5-7-13(16(15)18)17(20)21-2/h3-9,11H,10,18H2,1-2H3. The molecule has 2 aromatic carbocycles. The molecule has 1 unspecified atom stereocenters. The van der Waals surface area contributed by atoms with Crippen LogP contribution in [0.25, 0.3) is 0 Å². The molecule has 1 aliphatic heterocycles. The van der Waals surface area contributed by atoms with E-state index in [1.54, 1.807) is 6.07 Å². The molecule has 0 radical (unpaired) electrons. The van der Waals surface area contributed by atoms with Crippen LogP contribution in [0.5, 0.6) is 0 Å². The van der Waals surface area contributed by atoms with Crippen LogP contribution in [0.15, 0.2) is 42.5 Å². The first-order chi connectivity index (χ1) is 10.1. The number of rotatable bonds is 2. The molecule has 0 aromatic heterocycles. The van der Waals surface area contributed by atoms with Gasteiger partial charge < -0.3 is 15.4 Å². The van der Waals surface area contributed by atoms with Gasteiger partial charge in [0, 0.05) is 11.7 Å². The highest BCUT2D eigenvalue weighted by Crippen LogP contribution is 2.41. The number of ether oxygens (including phenoxy) is 1. The zero-order chi connectivity index (χ0) is 15.0. The van der Waals surface area contributed by atoms with Gasteiger partial charge in [0.1, 0.15) is 0 Å². The average Bonchev–Trinajstić information content (AvgIpc) is 2.83. The van der Waals surface area contributed by atoms with Crippen molar-refractivity contribution in [1.82, 2.24) is 0 Å². The van der Waals surface area contributed by atoms with Gasteiger partial charge in [0.2, 0.25) is 0 Å². The molecule has 0 spiro atoms. The van der Waals surface area contributed by atoms with Gasteiger partial charge in [-0.05, 0) is 37.1 Å². The third-order valence-corrected chi connectivity index (χ3v) is 3.96. The lowest BCUT2D eigenvalue weighted by Crippen LogP contribution is -2.25. The molecule has 3 rings (SSSR count). The minimum absolute atomic E-state index is 0.303. The van der Waals surface area contributed by atoms with E-state index in [-0.39, 0.29) is 0 Å². The van der Waals surface area contributed by atoms with Gasteiger partial charge in [-0.25, -0.2) is 4.79 Å². The Morgan fingerprint density at radius 2 is 1.90 bits per heavy atom. The van der Waals surface area contributed by atoms with Crippen LogP contribution >= 0.6 is 0 Å². The first kappa shape index (κ1) is 13.5. The van der Waals surface area contributed by atoms with Gasteiger partial charge in [-0.3, -0.25) is 0 Å². The molecular weight excluding hydrogens is 264 g/mol. The van der Waals surface area contributed by atoms with E-state index >= 15 is 0 Å². The minimum atomic E-state index is -0.408. The molecule has 4 nitrogen and oxygen atoms in total. The number of hydrogen-bond donors (Lipinski definition) is 1. The van der Waals surface area contributed by atoms with Gasteiger partial charge >= 0.3 is 5.97 Å². The molecule has 0 saturated carbocycles. The van der Waals surface area contributed by atoms with Crippen LogP contribution in [0.1, 0.15) is 22.8 Å². The molecule has 2 N–H and O–H groups in total. The summed E-state index contributed by atoms with van der Waals surface area (Å²) >= 11 is 0. The number of hydrogen-bond acceptors (Lipinski definition) is 4. The van der Waals surface area contributed by atoms with Crippen molar-refractivity contribution < 1.29 is 9.53 Å². The molecule has 0 aliphatic carbocycles. The number of nitrogens with zero attached hydrogens (tertiary/aromatic N) is 1. The summed E-state index contributed by atoms with van der Waals surface area (Å²) in [6.45, 7) is 2.16. The highest BCUT2D eigenvalue weighted by molar-refractivity contribution is 5.99. The molecule has 21 heavy (non-hydrogen) atoms. The number of nitrogens with two attached hydrogens (primary N) is 1. The molecule has 2 aromatic rings. The van der Waals surface area contributed by atoms with E-state index in [9.17, 15) is 4.79 Å². The van der Waals surface area contributed by atoms with Gasteiger partial charge in [-0.15, -0.1) is 0 Å². The zero-order valence-electron chi connectivity index (χ0n) is 12.2. The van der Waals surface area contributed by atoms with Crippen LogP contribution in [0.3, 0.4) is 0 Å². The predicted molar refractivity (Wildman–Crippen MR) is 83.9 cm³/mol. The monoisotopic (exact) mass is 282 g/mol. The summed E-state index contributed by atoms with van der Waals surface area (Å²) in [7, 11) is 1.36.